The van der Waals surface area contributed by atoms with E-state index in [2.05, 4.69) is 12.1 Å². The van der Waals surface area contributed by atoms with Crippen molar-refractivity contribution in [1.29, 1.82) is 0 Å². The number of nitrogens with zero attached hydrogens (tertiary/aromatic N) is 2. The molecule has 3 rings (SSSR count). The quantitative estimate of drug-likeness (QED) is 0.841. The summed E-state index contributed by atoms with van der Waals surface area (Å²) in [5.74, 6) is 1.07. The molecule has 0 bridgehead atoms. The highest BCUT2D eigenvalue weighted by Gasteiger charge is 2.24. The van der Waals surface area contributed by atoms with Crippen molar-refractivity contribution in [2.45, 2.75) is 39.0 Å². The summed E-state index contributed by atoms with van der Waals surface area (Å²) in [6, 6.07) is 11.6. The average molecular weight is 312 g/mol. The van der Waals surface area contributed by atoms with Crippen LogP contribution in [0.1, 0.15) is 49.6 Å². The molecular weight excluding hydrogens is 288 g/mol. The summed E-state index contributed by atoms with van der Waals surface area (Å²) >= 11 is 0. The topological polar surface area (TPSA) is 46.3 Å². The standard InChI is InChI=1S/C19H24N2O2/c1-2-7-15-8-6-12-21(13-11-15)19(22)18-14-17(20-23-18)16-9-4-3-5-10-16/h3-5,9-10,14-15H,2,6-8,11-13H2,1H3. The van der Waals surface area contributed by atoms with Gasteiger partial charge in [-0.05, 0) is 25.2 Å². The number of hydrogen-bond donors (Lipinski definition) is 0. The van der Waals surface area contributed by atoms with Gasteiger partial charge in [0.1, 0.15) is 5.69 Å². The van der Waals surface area contributed by atoms with E-state index in [0.29, 0.717) is 11.5 Å². The molecule has 1 aliphatic rings. The molecule has 1 aromatic carbocycles. The zero-order valence-electron chi connectivity index (χ0n) is 13.7. The van der Waals surface area contributed by atoms with Gasteiger partial charge in [0, 0.05) is 24.7 Å². The minimum Gasteiger partial charge on any atom is -0.350 e. The van der Waals surface area contributed by atoms with E-state index < -0.39 is 0 Å². The lowest BCUT2D eigenvalue weighted by Gasteiger charge is -2.18. The van der Waals surface area contributed by atoms with E-state index in [1.165, 1.54) is 19.3 Å². The molecule has 1 aliphatic heterocycles. The summed E-state index contributed by atoms with van der Waals surface area (Å²) in [6.07, 6.45) is 5.89. The van der Waals surface area contributed by atoms with E-state index in [1.807, 2.05) is 35.2 Å². The molecule has 1 unspecified atom stereocenters. The van der Waals surface area contributed by atoms with Crippen LogP contribution >= 0.6 is 0 Å². The van der Waals surface area contributed by atoms with Crippen molar-refractivity contribution in [3.8, 4) is 11.3 Å². The van der Waals surface area contributed by atoms with Gasteiger partial charge in [0.25, 0.3) is 5.91 Å². The third-order valence-electron chi connectivity index (χ3n) is 4.62. The van der Waals surface area contributed by atoms with Gasteiger partial charge in [-0.15, -0.1) is 0 Å². The number of aromatic nitrogens is 1. The normalized spacial score (nSPS) is 18.7. The second kappa shape index (κ2) is 7.44. The Balaban J connectivity index is 1.68. The van der Waals surface area contributed by atoms with Crippen LogP contribution in [0, 0.1) is 5.92 Å². The maximum Gasteiger partial charge on any atom is 0.292 e. The van der Waals surface area contributed by atoms with Crippen molar-refractivity contribution in [2.24, 2.45) is 5.92 Å². The molecule has 4 nitrogen and oxygen atoms in total. The molecule has 0 saturated carbocycles. The SMILES string of the molecule is CCCC1CCCN(C(=O)c2cc(-c3ccccc3)no2)CC1. The summed E-state index contributed by atoms with van der Waals surface area (Å²) in [7, 11) is 0. The fraction of sp³-hybridized carbons (Fsp3) is 0.474. The summed E-state index contributed by atoms with van der Waals surface area (Å²) in [6.45, 7) is 3.87. The molecule has 2 aromatic rings. The molecule has 122 valence electrons. The minimum atomic E-state index is -0.0307. The Morgan fingerprint density at radius 2 is 2.09 bits per heavy atom. The Bertz CT molecular complexity index is 636. The van der Waals surface area contributed by atoms with Crippen molar-refractivity contribution < 1.29 is 9.32 Å². The number of hydrogen-bond acceptors (Lipinski definition) is 3. The first-order valence-corrected chi connectivity index (χ1v) is 8.59. The van der Waals surface area contributed by atoms with Gasteiger partial charge in [0.2, 0.25) is 5.76 Å². The van der Waals surface area contributed by atoms with Gasteiger partial charge >= 0.3 is 0 Å². The smallest absolute Gasteiger partial charge is 0.292 e. The van der Waals surface area contributed by atoms with Gasteiger partial charge in [-0.1, -0.05) is 55.3 Å². The highest BCUT2D eigenvalue weighted by molar-refractivity contribution is 5.92. The van der Waals surface area contributed by atoms with E-state index in [4.69, 9.17) is 4.52 Å². The molecule has 23 heavy (non-hydrogen) atoms. The van der Waals surface area contributed by atoms with Crippen molar-refractivity contribution in [1.82, 2.24) is 10.1 Å². The number of benzene rings is 1. The first kappa shape index (κ1) is 15.8. The summed E-state index contributed by atoms with van der Waals surface area (Å²) in [4.78, 5) is 14.6. The van der Waals surface area contributed by atoms with Gasteiger partial charge < -0.3 is 9.42 Å². The van der Waals surface area contributed by atoms with Gasteiger partial charge in [-0.3, -0.25) is 4.79 Å². The largest absolute Gasteiger partial charge is 0.350 e. The van der Waals surface area contributed by atoms with Crippen LogP contribution < -0.4 is 0 Å². The van der Waals surface area contributed by atoms with Crippen LogP contribution in [-0.2, 0) is 0 Å². The lowest BCUT2D eigenvalue weighted by atomic mass is 9.96. The van der Waals surface area contributed by atoms with E-state index in [0.717, 1.165) is 37.4 Å². The molecule has 0 radical (unpaired) electrons. The monoisotopic (exact) mass is 312 g/mol. The first-order chi connectivity index (χ1) is 11.3. The first-order valence-electron chi connectivity index (χ1n) is 8.59. The average Bonchev–Trinajstić information content (AvgIpc) is 2.96. The zero-order valence-corrected chi connectivity index (χ0v) is 13.7. The molecule has 0 N–H and O–H groups in total. The molecule has 1 fully saturated rings. The highest BCUT2D eigenvalue weighted by Crippen LogP contribution is 2.24. The Hall–Kier alpha value is -2.10. The van der Waals surface area contributed by atoms with Crippen LogP contribution in [0.25, 0.3) is 11.3 Å². The van der Waals surface area contributed by atoms with Crippen LogP contribution in [0.3, 0.4) is 0 Å². The second-order valence-electron chi connectivity index (χ2n) is 6.32. The van der Waals surface area contributed by atoms with E-state index in [-0.39, 0.29) is 5.91 Å². The van der Waals surface area contributed by atoms with Gasteiger partial charge in [0.05, 0.1) is 0 Å². The Morgan fingerprint density at radius 3 is 2.87 bits per heavy atom. The van der Waals surface area contributed by atoms with Crippen LogP contribution in [0.15, 0.2) is 40.9 Å². The Morgan fingerprint density at radius 1 is 1.26 bits per heavy atom. The van der Waals surface area contributed by atoms with Crippen LogP contribution in [0.2, 0.25) is 0 Å². The molecular formula is C19H24N2O2. The highest BCUT2D eigenvalue weighted by atomic mass is 16.5. The summed E-state index contributed by atoms with van der Waals surface area (Å²) < 4.78 is 5.31. The Labute approximate surface area is 137 Å². The third kappa shape index (κ3) is 3.81. The van der Waals surface area contributed by atoms with Crippen LogP contribution in [0.5, 0.6) is 0 Å². The summed E-state index contributed by atoms with van der Waals surface area (Å²) in [5, 5.41) is 4.05. The number of carbonyl (C=O) groups is 1. The van der Waals surface area contributed by atoms with E-state index in [1.54, 1.807) is 6.07 Å². The van der Waals surface area contributed by atoms with Crippen LogP contribution in [-0.4, -0.2) is 29.1 Å². The molecule has 2 heterocycles. The maximum atomic E-state index is 12.7. The van der Waals surface area contributed by atoms with E-state index >= 15 is 0 Å². The summed E-state index contributed by atoms with van der Waals surface area (Å²) in [5.41, 5.74) is 1.68. The molecule has 0 spiro atoms. The molecule has 1 amide bonds. The van der Waals surface area contributed by atoms with Gasteiger partial charge in [0.15, 0.2) is 0 Å². The van der Waals surface area contributed by atoms with Crippen molar-refractivity contribution in [2.75, 3.05) is 13.1 Å². The zero-order chi connectivity index (χ0) is 16.1. The predicted octanol–water partition coefficient (Wildman–Crippen LogP) is 4.38. The van der Waals surface area contributed by atoms with Crippen molar-refractivity contribution in [3.63, 3.8) is 0 Å². The second-order valence-corrected chi connectivity index (χ2v) is 6.32. The number of likely N-dealkylation sites (tertiary alicyclic amines) is 1. The molecule has 0 aliphatic carbocycles. The van der Waals surface area contributed by atoms with Gasteiger partial charge in [-0.2, -0.15) is 0 Å². The third-order valence-corrected chi connectivity index (χ3v) is 4.62. The maximum absolute atomic E-state index is 12.7. The van der Waals surface area contributed by atoms with Crippen molar-refractivity contribution >= 4 is 5.91 Å². The predicted molar refractivity (Wildman–Crippen MR) is 90.1 cm³/mol. The number of rotatable bonds is 4. The lowest BCUT2D eigenvalue weighted by Crippen LogP contribution is -2.31. The van der Waals surface area contributed by atoms with Gasteiger partial charge in [-0.25, -0.2) is 0 Å². The Kier molecular flexibility index (Phi) is 5.11. The molecule has 1 atom stereocenters. The fourth-order valence-corrected chi connectivity index (χ4v) is 3.34. The molecule has 1 aromatic heterocycles. The minimum absolute atomic E-state index is 0.0307. The number of carbonyl (C=O) groups excluding carboxylic acids is 1. The van der Waals surface area contributed by atoms with Crippen LogP contribution in [0.4, 0.5) is 0 Å². The number of amides is 1. The molecule has 4 heteroatoms. The van der Waals surface area contributed by atoms with E-state index in [9.17, 15) is 4.79 Å². The fourth-order valence-electron chi connectivity index (χ4n) is 3.34. The molecule has 1 saturated heterocycles. The van der Waals surface area contributed by atoms with Crippen molar-refractivity contribution in [3.05, 3.63) is 42.2 Å². The lowest BCUT2D eigenvalue weighted by molar-refractivity contribution is 0.0718.